The molecule has 0 aliphatic carbocycles. The van der Waals surface area contributed by atoms with Crippen molar-refractivity contribution in [3.8, 4) is 11.6 Å². The Morgan fingerprint density at radius 1 is 1.06 bits per heavy atom. The topological polar surface area (TPSA) is 64.1 Å². The second-order valence-corrected chi connectivity index (χ2v) is 3.71. The van der Waals surface area contributed by atoms with Gasteiger partial charge in [0.1, 0.15) is 0 Å². The van der Waals surface area contributed by atoms with E-state index in [1.165, 1.54) is 0 Å². The molecule has 1 aromatic carbocycles. The molecule has 2 aromatic heterocycles. The van der Waals surface area contributed by atoms with Crippen LogP contribution in [0.15, 0.2) is 57.7 Å². The highest BCUT2D eigenvalue weighted by Crippen LogP contribution is 2.16. The fourth-order valence-electron chi connectivity index (χ4n) is 1.57. The number of rotatable bonds is 4. The molecule has 0 saturated heterocycles. The van der Waals surface area contributed by atoms with E-state index >= 15 is 0 Å². The van der Waals surface area contributed by atoms with Gasteiger partial charge in [0.15, 0.2) is 5.76 Å². The van der Waals surface area contributed by atoms with E-state index in [-0.39, 0.29) is 0 Å². The predicted molar refractivity (Wildman–Crippen MR) is 65.8 cm³/mol. The third kappa shape index (κ3) is 2.24. The number of nitrogens with one attached hydrogen (secondary N) is 1. The average Bonchev–Trinajstić information content (AvgIpc) is 3.08. The number of furan rings is 1. The molecule has 0 aliphatic heterocycles. The van der Waals surface area contributed by atoms with Crippen molar-refractivity contribution < 1.29 is 8.94 Å². The number of para-hydroxylation sites is 1. The lowest BCUT2D eigenvalue weighted by atomic mass is 10.3. The largest absolute Gasteiger partial charge is 0.461 e. The van der Waals surface area contributed by atoms with Gasteiger partial charge in [-0.05, 0) is 24.3 Å². The zero-order chi connectivity index (χ0) is 12.2. The molecule has 0 unspecified atom stereocenters. The molecule has 0 amide bonds. The van der Waals surface area contributed by atoms with Gasteiger partial charge in [-0.1, -0.05) is 23.4 Å². The van der Waals surface area contributed by atoms with Crippen LogP contribution in [0.25, 0.3) is 11.6 Å². The van der Waals surface area contributed by atoms with Crippen LogP contribution in [-0.4, -0.2) is 10.1 Å². The standard InChI is InChI=1S/C13H11N3O2/c1-2-5-10(6-3-1)14-9-12-15-13(16-18-12)11-7-4-8-17-11/h1-8,14H,9H2. The van der Waals surface area contributed by atoms with Crippen LogP contribution in [0.3, 0.4) is 0 Å². The monoisotopic (exact) mass is 241 g/mol. The fourth-order valence-corrected chi connectivity index (χ4v) is 1.57. The molecule has 3 aromatic rings. The summed E-state index contributed by atoms with van der Waals surface area (Å²) < 4.78 is 10.3. The summed E-state index contributed by atoms with van der Waals surface area (Å²) in [6.45, 7) is 0.484. The minimum absolute atomic E-state index is 0.463. The summed E-state index contributed by atoms with van der Waals surface area (Å²) in [7, 11) is 0. The van der Waals surface area contributed by atoms with Gasteiger partial charge in [-0.15, -0.1) is 0 Å². The van der Waals surface area contributed by atoms with Crippen LogP contribution < -0.4 is 5.32 Å². The molecule has 0 radical (unpaired) electrons. The summed E-state index contributed by atoms with van der Waals surface area (Å²) in [5, 5.41) is 7.04. The maximum Gasteiger partial charge on any atom is 0.246 e. The van der Waals surface area contributed by atoms with Crippen molar-refractivity contribution in [1.82, 2.24) is 10.1 Å². The first-order valence-electron chi connectivity index (χ1n) is 5.57. The van der Waals surface area contributed by atoms with E-state index in [9.17, 15) is 0 Å². The van der Waals surface area contributed by atoms with Crippen molar-refractivity contribution >= 4 is 5.69 Å². The molecule has 0 atom stereocenters. The van der Waals surface area contributed by atoms with E-state index in [0.717, 1.165) is 5.69 Å². The summed E-state index contributed by atoms with van der Waals surface area (Å²) in [4.78, 5) is 4.23. The third-order valence-electron chi connectivity index (χ3n) is 2.43. The second kappa shape index (κ2) is 4.75. The van der Waals surface area contributed by atoms with E-state index in [4.69, 9.17) is 8.94 Å². The third-order valence-corrected chi connectivity index (χ3v) is 2.43. The van der Waals surface area contributed by atoms with Crippen LogP contribution in [0.2, 0.25) is 0 Å². The molecular weight excluding hydrogens is 230 g/mol. The quantitative estimate of drug-likeness (QED) is 0.760. The molecule has 1 N–H and O–H groups in total. The van der Waals surface area contributed by atoms with E-state index in [2.05, 4.69) is 15.5 Å². The molecule has 5 heteroatoms. The summed E-state index contributed by atoms with van der Waals surface area (Å²) in [5.74, 6) is 1.58. The van der Waals surface area contributed by atoms with Crippen LogP contribution in [0.4, 0.5) is 5.69 Å². The Balaban J connectivity index is 1.68. The first-order chi connectivity index (χ1) is 8.92. The predicted octanol–water partition coefficient (Wildman–Crippen LogP) is 2.94. The maximum absolute atomic E-state index is 5.19. The normalized spacial score (nSPS) is 10.4. The molecule has 5 nitrogen and oxygen atoms in total. The van der Waals surface area contributed by atoms with Crippen molar-refractivity contribution in [2.75, 3.05) is 5.32 Å². The highest BCUT2D eigenvalue weighted by molar-refractivity contribution is 5.45. The van der Waals surface area contributed by atoms with Crippen LogP contribution in [0.5, 0.6) is 0 Å². The summed E-state index contributed by atoms with van der Waals surface area (Å²) in [6, 6.07) is 13.4. The summed E-state index contributed by atoms with van der Waals surface area (Å²) in [5.41, 5.74) is 1.01. The average molecular weight is 241 g/mol. The van der Waals surface area contributed by atoms with Crippen LogP contribution in [0.1, 0.15) is 5.89 Å². The molecule has 0 saturated carbocycles. The van der Waals surface area contributed by atoms with Gasteiger partial charge >= 0.3 is 0 Å². The van der Waals surface area contributed by atoms with Gasteiger partial charge in [0.2, 0.25) is 11.7 Å². The summed E-state index contributed by atoms with van der Waals surface area (Å²) >= 11 is 0. The Bertz CT molecular complexity index is 602. The van der Waals surface area contributed by atoms with Crippen molar-refractivity contribution in [2.24, 2.45) is 0 Å². The van der Waals surface area contributed by atoms with E-state index in [1.54, 1.807) is 18.4 Å². The first kappa shape index (κ1) is 10.6. The van der Waals surface area contributed by atoms with Gasteiger partial charge < -0.3 is 14.3 Å². The number of aromatic nitrogens is 2. The first-order valence-corrected chi connectivity index (χ1v) is 5.57. The highest BCUT2D eigenvalue weighted by atomic mass is 16.5. The minimum Gasteiger partial charge on any atom is -0.461 e. The number of hydrogen-bond donors (Lipinski definition) is 1. The molecular formula is C13H11N3O2. The van der Waals surface area contributed by atoms with E-state index < -0.39 is 0 Å². The molecule has 0 fully saturated rings. The molecule has 90 valence electrons. The Hall–Kier alpha value is -2.56. The maximum atomic E-state index is 5.19. The van der Waals surface area contributed by atoms with E-state index in [0.29, 0.717) is 24.0 Å². The lowest BCUT2D eigenvalue weighted by Gasteiger charge is -2.01. The Kier molecular flexibility index (Phi) is 2.79. The van der Waals surface area contributed by atoms with Crippen molar-refractivity contribution in [1.29, 1.82) is 0 Å². The smallest absolute Gasteiger partial charge is 0.246 e. The van der Waals surface area contributed by atoms with Gasteiger partial charge in [-0.3, -0.25) is 0 Å². The van der Waals surface area contributed by atoms with Crippen LogP contribution in [0, 0.1) is 0 Å². The Morgan fingerprint density at radius 2 is 1.94 bits per heavy atom. The second-order valence-electron chi connectivity index (χ2n) is 3.71. The lowest BCUT2D eigenvalue weighted by molar-refractivity contribution is 0.382. The molecule has 0 aliphatic rings. The van der Waals surface area contributed by atoms with Gasteiger partial charge in [-0.25, -0.2) is 0 Å². The van der Waals surface area contributed by atoms with Gasteiger partial charge in [0.25, 0.3) is 0 Å². The lowest BCUT2D eigenvalue weighted by Crippen LogP contribution is -1.99. The zero-order valence-electron chi connectivity index (χ0n) is 9.54. The number of anilines is 1. The Morgan fingerprint density at radius 3 is 2.72 bits per heavy atom. The Labute approximate surface area is 103 Å². The van der Waals surface area contributed by atoms with Crippen LogP contribution in [-0.2, 0) is 6.54 Å². The van der Waals surface area contributed by atoms with Crippen molar-refractivity contribution in [3.05, 3.63) is 54.6 Å². The van der Waals surface area contributed by atoms with Gasteiger partial charge in [0.05, 0.1) is 12.8 Å². The zero-order valence-corrected chi connectivity index (χ0v) is 9.54. The fraction of sp³-hybridized carbons (Fsp3) is 0.0769. The molecule has 0 spiro atoms. The molecule has 0 bridgehead atoms. The molecule has 18 heavy (non-hydrogen) atoms. The number of benzene rings is 1. The highest BCUT2D eigenvalue weighted by Gasteiger charge is 2.10. The van der Waals surface area contributed by atoms with Crippen molar-refractivity contribution in [3.63, 3.8) is 0 Å². The molecule has 3 rings (SSSR count). The number of nitrogens with zero attached hydrogens (tertiary/aromatic N) is 2. The SMILES string of the molecule is c1ccc(NCc2nc(-c3ccco3)no2)cc1. The summed E-state index contributed by atoms with van der Waals surface area (Å²) in [6.07, 6.45) is 1.58. The minimum atomic E-state index is 0.463. The van der Waals surface area contributed by atoms with Crippen molar-refractivity contribution in [2.45, 2.75) is 6.54 Å². The van der Waals surface area contributed by atoms with Gasteiger partial charge in [0, 0.05) is 5.69 Å². The van der Waals surface area contributed by atoms with Gasteiger partial charge in [-0.2, -0.15) is 4.98 Å². The molecule has 2 heterocycles. The van der Waals surface area contributed by atoms with Crippen LogP contribution >= 0.6 is 0 Å². The number of hydrogen-bond acceptors (Lipinski definition) is 5. The van der Waals surface area contributed by atoms with E-state index in [1.807, 2.05) is 30.3 Å².